The van der Waals surface area contributed by atoms with E-state index in [1.807, 2.05) is 10.8 Å². The Balaban J connectivity index is 2.01. The smallest absolute Gasteiger partial charge is 0.261 e. The average Bonchev–Trinajstić information content (AvgIpc) is 2.83. The molecule has 0 amide bonds. The minimum absolute atomic E-state index is 0.0545. The summed E-state index contributed by atoms with van der Waals surface area (Å²) in [6, 6.07) is 4.09. The van der Waals surface area contributed by atoms with Crippen molar-refractivity contribution in [3.8, 4) is 5.75 Å². The Labute approximate surface area is 120 Å². The molecule has 0 aliphatic carbocycles. The van der Waals surface area contributed by atoms with Gasteiger partial charge in [0.15, 0.2) is 0 Å². The zero-order valence-corrected chi connectivity index (χ0v) is 12.0. The van der Waals surface area contributed by atoms with Gasteiger partial charge in [0.1, 0.15) is 12.4 Å². The Hall–Kier alpha value is -1.24. The van der Waals surface area contributed by atoms with E-state index in [1.54, 1.807) is 12.5 Å². The molecule has 19 heavy (non-hydrogen) atoms. The van der Waals surface area contributed by atoms with Gasteiger partial charge in [0.05, 0.1) is 22.8 Å². The molecule has 2 rings (SSSR count). The molecule has 0 aliphatic heterocycles. The summed E-state index contributed by atoms with van der Waals surface area (Å²) in [6.07, 6.45) is 5.16. The van der Waals surface area contributed by atoms with Crippen molar-refractivity contribution in [2.45, 2.75) is 11.4 Å². The second-order valence-electron chi connectivity index (χ2n) is 3.68. The number of hydrogen-bond acceptors (Lipinski definition) is 4. The van der Waals surface area contributed by atoms with Gasteiger partial charge in [-0.15, -0.1) is 0 Å². The molecule has 102 valence electrons. The quantitative estimate of drug-likeness (QED) is 0.794. The zero-order chi connectivity index (χ0) is 13.9. The third kappa shape index (κ3) is 3.86. The lowest BCUT2D eigenvalue weighted by Crippen LogP contribution is -2.06. The van der Waals surface area contributed by atoms with Crippen LogP contribution in [0.15, 0.2) is 41.8 Å². The highest BCUT2D eigenvalue weighted by molar-refractivity contribution is 8.13. The van der Waals surface area contributed by atoms with Gasteiger partial charge in [-0.05, 0) is 18.2 Å². The molecule has 0 saturated heterocycles. The van der Waals surface area contributed by atoms with Gasteiger partial charge in [-0.2, -0.15) is 0 Å². The van der Waals surface area contributed by atoms with Crippen LogP contribution >= 0.6 is 22.3 Å². The summed E-state index contributed by atoms with van der Waals surface area (Å²) in [6.45, 7) is 1.01. The summed E-state index contributed by atoms with van der Waals surface area (Å²) in [4.78, 5) is 3.85. The molecular weight excluding hydrogens is 311 g/mol. The molecule has 0 fully saturated rings. The van der Waals surface area contributed by atoms with Gasteiger partial charge >= 0.3 is 0 Å². The SMILES string of the molecule is O=S(=O)(Cl)c1ccc(OCCn2ccnc2)c(Cl)c1. The van der Waals surface area contributed by atoms with Crippen molar-refractivity contribution < 1.29 is 13.2 Å². The van der Waals surface area contributed by atoms with Crippen molar-refractivity contribution in [2.75, 3.05) is 6.61 Å². The molecule has 5 nitrogen and oxygen atoms in total. The maximum Gasteiger partial charge on any atom is 0.261 e. The first-order valence-electron chi connectivity index (χ1n) is 5.29. The van der Waals surface area contributed by atoms with E-state index in [0.717, 1.165) is 0 Å². The monoisotopic (exact) mass is 320 g/mol. The van der Waals surface area contributed by atoms with Gasteiger partial charge < -0.3 is 9.30 Å². The van der Waals surface area contributed by atoms with Crippen molar-refractivity contribution >= 4 is 31.3 Å². The first-order chi connectivity index (χ1) is 8.97. The van der Waals surface area contributed by atoms with Crippen molar-refractivity contribution in [2.24, 2.45) is 0 Å². The fourth-order valence-corrected chi connectivity index (χ4v) is 2.51. The molecule has 0 unspecified atom stereocenters. The minimum atomic E-state index is -3.78. The predicted octanol–water partition coefficient (Wildman–Crippen LogP) is 2.54. The molecule has 0 radical (unpaired) electrons. The average molecular weight is 321 g/mol. The molecule has 2 aromatic rings. The second-order valence-corrected chi connectivity index (χ2v) is 6.65. The van der Waals surface area contributed by atoms with Gasteiger partial charge in [-0.25, -0.2) is 13.4 Å². The molecule has 0 atom stereocenters. The van der Waals surface area contributed by atoms with Crippen molar-refractivity contribution in [3.63, 3.8) is 0 Å². The van der Waals surface area contributed by atoms with Crippen molar-refractivity contribution in [1.29, 1.82) is 0 Å². The van der Waals surface area contributed by atoms with E-state index < -0.39 is 9.05 Å². The summed E-state index contributed by atoms with van der Waals surface area (Å²) >= 11 is 5.93. The van der Waals surface area contributed by atoms with Gasteiger partial charge in [-0.3, -0.25) is 0 Å². The highest BCUT2D eigenvalue weighted by Crippen LogP contribution is 2.28. The fourth-order valence-electron chi connectivity index (χ4n) is 1.43. The zero-order valence-electron chi connectivity index (χ0n) is 9.66. The van der Waals surface area contributed by atoms with E-state index in [9.17, 15) is 8.42 Å². The van der Waals surface area contributed by atoms with E-state index in [-0.39, 0.29) is 9.92 Å². The van der Waals surface area contributed by atoms with Crippen molar-refractivity contribution in [1.82, 2.24) is 9.55 Å². The number of hydrogen-bond donors (Lipinski definition) is 0. The molecule has 0 spiro atoms. The van der Waals surface area contributed by atoms with Crippen LogP contribution in [0.4, 0.5) is 0 Å². The van der Waals surface area contributed by atoms with Crippen LogP contribution in [0.3, 0.4) is 0 Å². The Bertz CT molecular complexity index is 657. The lowest BCUT2D eigenvalue weighted by molar-refractivity contribution is 0.298. The number of benzene rings is 1. The lowest BCUT2D eigenvalue weighted by Gasteiger charge is -2.09. The topological polar surface area (TPSA) is 61.2 Å². The van der Waals surface area contributed by atoms with Gasteiger partial charge in [-0.1, -0.05) is 11.6 Å². The summed E-state index contributed by atoms with van der Waals surface area (Å²) < 4.78 is 29.6. The number of halogens is 2. The lowest BCUT2D eigenvalue weighted by atomic mass is 10.3. The molecule has 0 saturated carbocycles. The summed E-state index contributed by atoms with van der Waals surface area (Å²) in [7, 11) is 1.44. The van der Waals surface area contributed by atoms with E-state index in [2.05, 4.69) is 4.98 Å². The van der Waals surface area contributed by atoms with Crippen LogP contribution in [0.5, 0.6) is 5.75 Å². The van der Waals surface area contributed by atoms with Crippen LogP contribution in [0.2, 0.25) is 5.02 Å². The number of imidazole rings is 1. The van der Waals surface area contributed by atoms with Gasteiger partial charge in [0.25, 0.3) is 9.05 Å². The van der Waals surface area contributed by atoms with Gasteiger partial charge in [0, 0.05) is 23.1 Å². The summed E-state index contributed by atoms with van der Waals surface area (Å²) in [5, 5.41) is 0.201. The Morgan fingerprint density at radius 3 is 2.74 bits per heavy atom. The maximum atomic E-state index is 11.1. The molecule has 0 bridgehead atoms. The number of aromatic nitrogens is 2. The largest absolute Gasteiger partial charge is 0.490 e. The summed E-state index contributed by atoms with van der Waals surface area (Å²) in [5.74, 6) is 0.408. The maximum absolute atomic E-state index is 11.1. The Morgan fingerprint density at radius 1 is 1.37 bits per heavy atom. The van der Waals surface area contributed by atoms with Crippen LogP contribution in [-0.4, -0.2) is 24.6 Å². The number of ether oxygens (including phenoxy) is 1. The predicted molar refractivity (Wildman–Crippen MR) is 72.2 cm³/mol. The van der Waals surface area contributed by atoms with E-state index in [0.29, 0.717) is 18.9 Å². The van der Waals surface area contributed by atoms with Crippen LogP contribution in [-0.2, 0) is 15.6 Å². The molecule has 8 heteroatoms. The highest BCUT2D eigenvalue weighted by atomic mass is 35.7. The van der Waals surface area contributed by atoms with E-state index in [1.165, 1.54) is 18.2 Å². The Kier molecular flexibility index (Phi) is 4.34. The number of rotatable bonds is 5. The third-order valence-corrected chi connectivity index (χ3v) is 4.00. The van der Waals surface area contributed by atoms with E-state index in [4.69, 9.17) is 27.0 Å². The van der Waals surface area contributed by atoms with Crippen LogP contribution in [0, 0.1) is 0 Å². The second kappa shape index (κ2) is 5.81. The Morgan fingerprint density at radius 2 is 2.16 bits per heavy atom. The van der Waals surface area contributed by atoms with Crippen molar-refractivity contribution in [3.05, 3.63) is 41.9 Å². The fraction of sp³-hybridized carbons (Fsp3) is 0.182. The first-order valence-corrected chi connectivity index (χ1v) is 7.98. The van der Waals surface area contributed by atoms with E-state index >= 15 is 0 Å². The first kappa shape index (κ1) is 14.2. The van der Waals surface area contributed by atoms with Crippen LogP contribution in [0.25, 0.3) is 0 Å². The minimum Gasteiger partial charge on any atom is -0.490 e. The summed E-state index contributed by atoms with van der Waals surface area (Å²) in [5.41, 5.74) is 0. The molecule has 0 N–H and O–H groups in total. The molecule has 0 aliphatic rings. The van der Waals surface area contributed by atoms with Crippen LogP contribution < -0.4 is 4.74 Å². The molecule has 1 aromatic heterocycles. The highest BCUT2D eigenvalue weighted by Gasteiger charge is 2.12. The molecule has 1 aromatic carbocycles. The molecule has 1 heterocycles. The standard InChI is InChI=1S/C11H10Cl2N2O3S/c12-10-7-9(19(13,16)17)1-2-11(10)18-6-5-15-4-3-14-8-15/h1-4,7-8H,5-6H2. The van der Waals surface area contributed by atoms with Gasteiger partial charge in [0.2, 0.25) is 0 Å². The molecular formula is C11H10Cl2N2O3S. The normalized spacial score (nSPS) is 11.5. The number of nitrogens with zero attached hydrogens (tertiary/aromatic N) is 2. The third-order valence-electron chi connectivity index (χ3n) is 2.35. The van der Waals surface area contributed by atoms with Crippen LogP contribution in [0.1, 0.15) is 0 Å².